The lowest BCUT2D eigenvalue weighted by Gasteiger charge is -2.21. The Morgan fingerprint density at radius 1 is 0.833 bits per heavy atom. The highest BCUT2D eigenvalue weighted by Gasteiger charge is 2.26. The average molecular weight is 588 g/mol. The minimum Gasteiger partial charge on any atom is -0.497 e. The van der Waals surface area contributed by atoms with Gasteiger partial charge in [0.25, 0.3) is 5.91 Å². The first-order chi connectivity index (χ1) is 20.4. The van der Waals surface area contributed by atoms with Crippen molar-refractivity contribution in [3.05, 3.63) is 120 Å². The maximum absolute atomic E-state index is 13.5. The zero-order valence-corrected chi connectivity index (χ0v) is 24.3. The number of benzene rings is 4. The fourth-order valence-electron chi connectivity index (χ4n) is 4.07. The Balaban J connectivity index is 1.41. The van der Waals surface area contributed by atoms with Crippen molar-refractivity contribution in [3.63, 3.8) is 0 Å². The standard InChI is InChI=1S/C32H33N3O6S/c1-39-28-14-16-29(17-15-28)42(37,38)35(20-19-25-9-5-3-6-10-25)23-32(36)34-33-22-27-13-18-30(31(21-27)40-2)41-24-26-11-7-4-8-12-26/h3-18,21-22H,19-20,23-24H2,1-2H3,(H,34,36)/b33-22-. The third-order valence-corrected chi connectivity index (χ3v) is 8.20. The lowest BCUT2D eigenvalue weighted by atomic mass is 10.1. The molecule has 0 fully saturated rings. The molecule has 0 spiro atoms. The first kappa shape index (κ1) is 30.3. The zero-order chi connectivity index (χ0) is 29.8. The molecule has 0 aliphatic carbocycles. The van der Waals surface area contributed by atoms with Crippen LogP contribution < -0.4 is 19.6 Å². The topological polar surface area (TPSA) is 107 Å². The number of nitrogens with zero attached hydrogens (tertiary/aromatic N) is 2. The predicted molar refractivity (Wildman–Crippen MR) is 161 cm³/mol. The highest BCUT2D eigenvalue weighted by molar-refractivity contribution is 7.89. The van der Waals surface area contributed by atoms with Crippen molar-refractivity contribution < 1.29 is 27.4 Å². The Labute approximate surface area is 246 Å². The normalized spacial score (nSPS) is 11.4. The Morgan fingerprint density at radius 3 is 2.14 bits per heavy atom. The summed E-state index contributed by atoms with van der Waals surface area (Å²) >= 11 is 0. The molecule has 10 heteroatoms. The third kappa shape index (κ3) is 8.42. The number of ether oxygens (including phenoxy) is 3. The number of sulfonamides is 1. The summed E-state index contributed by atoms with van der Waals surface area (Å²) in [5.74, 6) is 1.04. The minimum absolute atomic E-state index is 0.0642. The quantitative estimate of drug-likeness (QED) is 0.170. The van der Waals surface area contributed by atoms with Crippen LogP contribution in [-0.2, 0) is 27.8 Å². The van der Waals surface area contributed by atoms with E-state index in [1.54, 1.807) is 37.4 Å². The van der Waals surface area contributed by atoms with Crippen LogP contribution in [0.15, 0.2) is 113 Å². The van der Waals surface area contributed by atoms with E-state index in [-0.39, 0.29) is 11.4 Å². The van der Waals surface area contributed by atoms with E-state index in [1.165, 1.54) is 25.5 Å². The summed E-state index contributed by atoms with van der Waals surface area (Å²) in [6, 6.07) is 30.6. The van der Waals surface area contributed by atoms with Gasteiger partial charge in [0.15, 0.2) is 11.5 Å². The fraction of sp³-hybridized carbons (Fsp3) is 0.188. The molecule has 0 heterocycles. The summed E-state index contributed by atoms with van der Waals surface area (Å²) in [5.41, 5.74) is 5.07. The van der Waals surface area contributed by atoms with Crippen molar-refractivity contribution in [2.45, 2.75) is 17.9 Å². The van der Waals surface area contributed by atoms with E-state index in [0.717, 1.165) is 15.4 Å². The summed E-state index contributed by atoms with van der Waals surface area (Å²) in [4.78, 5) is 12.9. The number of carbonyl (C=O) groups is 1. The molecule has 4 rings (SSSR count). The summed E-state index contributed by atoms with van der Waals surface area (Å²) in [6.07, 6.45) is 1.89. The number of hydrogen-bond acceptors (Lipinski definition) is 7. The number of hydrogen-bond donors (Lipinski definition) is 1. The number of carbonyl (C=O) groups excluding carboxylic acids is 1. The Hall–Kier alpha value is -4.67. The molecule has 0 aliphatic heterocycles. The molecule has 4 aromatic rings. The Morgan fingerprint density at radius 2 is 1.50 bits per heavy atom. The first-order valence-corrected chi connectivity index (χ1v) is 14.7. The van der Waals surface area contributed by atoms with Crippen LogP contribution in [0.25, 0.3) is 0 Å². The highest BCUT2D eigenvalue weighted by atomic mass is 32.2. The monoisotopic (exact) mass is 587 g/mol. The van der Waals surface area contributed by atoms with Crippen molar-refractivity contribution in [2.75, 3.05) is 27.3 Å². The van der Waals surface area contributed by atoms with Gasteiger partial charge in [-0.05, 0) is 65.6 Å². The van der Waals surface area contributed by atoms with Crippen LogP contribution in [0.5, 0.6) is 17.2 Å². The van der Waals surface area contributed by atoms with E-state index in [9.17, 15) is 13.2 Å². The summed E-state index contributed by atoms with van der Waals surface area (Å²) < 4.78 is 44.6. The van der Waals surface area contributed by atoms with Crippen LogP contribution in [0, 0.1) is 0 Å². The molecule has 0 saturated heterocycles. The lowest BCUT2D eigenvalue weighted by Crippen LogP contribution is -2.40. The molecule has 42 heavy (non-hydrogen) atoms. The molecule has 0 aliphatic rings. The maximum atomic E-state index is 13.5. The van der Waals surface area contributed by atoms with Gasteiger partial charge < -0.3 is 14.2 Å². The molecule has 9 nitrogen and oxygen atoms in total. The predicted octanol–water partition coefficient (Wildman–Crippen LogP) is 4.67. The minimum atomic E-state index is -3.97. The second-order valence-electron chi connectivity index (χ2n) is 9.23. The van der Waals surface area contributed by atoms with Crippen LogP contribution in [-0.4, -0.2) is 52.2 Å². The number of amides is 1. The molecule has 0 unspecified atom stereocenters. The Kier molecular flexibility index (Phi) is 10.7. The van der Waals surface area contributed by atoms with Gasteiger partial charge in [0.1, 0.15) is 12.4 Å². The number of rotatable bonds is 14. The summed E-state index contributed by atoms with van der Waals surface area (Å²) in [6.45, 7) is 0.0895. The zero-order valence-electron chi connectivity index (χ0n) is 23.5. The first-order valence-electron chi connectivity index (χ1n) is 13.2. The van der Waals surface area contributed by atoms with Gasteiger partial charge >= 0.3 is 0 Å². The van der Waals surface area contributed by atoms with Gasteiger partial charge in [-0.2, -0.15) is 9.41 Å². The van der Waals surface area contributed by atoms with E-state index < -0.39 is 22.5 Å². The number of hydrazone groups is 1. The number of methoxy groups -OCH3 is 2. The van der Waals surface area contributed by atoms with E-state index in [1.807, 2.05) is 60.7 Å². The highest BCUT2D eigenvalue weighted by Crippen LogP contribution is 2.28. The molecule has 0 atom stereocenters. The average Bonchev–Trinajstić information content (AvgIpc) is 3.03. The van der Waals surface area contributed by atoms with Crippen LogP contribution >= 0.6 is 0 Å². The second-order valence-corrected chi connectivity index (χ2v) is 11.2. The van der Waals surface area contributed by atoms with E-state index in [4.69, 9.17) is 14.2 Å². The molecule has 0 saturated carbocycles. The molecule has 1 N–H and O–H groups in total. The summed E-state index contributed by atoms with van der Waals surface area (Å²) in [7, 11) is -0.926. The van der Waals surface area contributed by atoms with E-state index in [2.05, 4.69) is 10.5 Å². The van der Waals surface area contributed by atoms with Gasteiger partial charge in [0, 0.05) is 6.54 Å². The van der Waals surface area contributed by atoms with E-state index in [0.29, 0.717) is 35.8 Å². The molecule has 218 valence electrons. The summed E-state index contributed by atoms with van der Waals surface area (Å²) in [5, 5.41) is 4.03. The second kappa shape index (κ2) is 14.8. The lowest BCUT2D eigenvalue weighted by molar-refractivity contribution is -0.121. The van der Waals surface area contributed by atoms with Crippen molar-refractivity contribution in [1.29, 1.82) is 0 Å². The van der Waals surface area contributed by atoms with Crippen molar-refractivity contribution >= 4 is 22.1 Å². The van der Waals surface area contributed by atoms with Gasteiger partial charge in [-0.25, -0.2) is 13.8 Å². The van der Waals surface area contributed by atoms with Crippen molar-refractivity contribution in [2.24, 2.45) is 5.10 Å². The third-order valence-electron chi connectivity index (χ3n) is 6.34. The molecular formula is C32H33N3O6S. The van der Waals surface area contributed by atoms with Gasteiger partial charge in [-0.3, -0.25) is 4.79 Å². The molecule has 0 aromatic heterocycles. The Bertz CT molecular complexity index is 1580. The van der Waals surface area contributed by atoms with Gasteiger partial charge in [0.05, 0.1) is 31.9 Å². The van der Waals surface area contributed by atoms with Gasteiger partial charge in [0.2, 0.25) is 10.0 Å². The van der Waals surface area contributed by atoms with Crippen LogP contribution in [0.3, 0.4) is 0 Å². The maximum Gasteiger partial charge on any atom is 0.255 e. The van der Waals surface area contributed by atoms with Gasteiger partial charge in [-0.15, -0.1) is 0 Å². The van der Waals surface area contributed by atoms with Gasteiger partial charge in [-0.1, -0.05) is 60.7 Å². The van der Waals surface area contributed by atoms with Crippen molar-refractivity contribution in [3.8, 4) is 17.2 Å². The van der Waals surface area contributed by atoms with E-state index >= 15 is 0 Å². The SMILES string of the molecule is COc1ccc(S(=O)(=O)N(CCc2ccccc2)CC(=O)N/N=C\c2ccc(OCc3ccccc3)c(OC)c2)cc1. The molecule has 1 amide bonds. The molecular weight excluding hydrogens is 554 g/mol. The van der Waals surface area contributed by atoms with Crippen LogP contribution in [0.2, 0.25) is 0 Å². The molecule has 0 radical (unpaired) electrons. The molecule has 4 aromatic carbocycles. The largest absolute Gasteiger partial charge is 0.497 e. The number of nitrogens with one attached hydrogen (secondary N) is 1. The smallest absolute Gasteiger partial charge is 0.255 e. The van der Waals surface area contributed by atoms with Crippen LogP contribution in [0.1, 0.15) is 16.7 Å². The molecule has 0 bridgehead atoms. The van der Waals surface area contributed by atoms with Crippen molar-refractivity contribution in [1.82, 2.24) is 9.73 Å². The fourth-order valence-corrected chi connectivity index (χ4v) is 5.47. The van der Waals surface area contributed by atoms with Crippen LogP contribution in [0.4, 0.5) is 0 Å².